The minimum Gasteiger partial charge on any atom is -0.326 e. The Morgan fingerprint density at radius 2 is 2.10 bits per heavy atom. The molecule has 0 radical (unpaired) electrons. The molecule has 1 aromatic carbocycles. The molecule has 0 saturated carbocycles. The Balaban J connectivity index is 1.92. The van der Waals surface area contributed by atoms with Crippen LogP contribution < -0.4 is 5.56 Å². The lowest BCUT2D eigenvalue weighted by molar-refractivity contribution is 0.192. The monoisotopic (exact) mass is 286 g/mol. The van der Waals surface area contributed by atoms with Crippen LogP contribution in [0.25, 0.3) is 0 Å². The second-order valence-corrected chi connectivity index (χ2v) is 5.58. The zero-order valence-corrected chi connectivity index (χ0v) is 12.1. The molecule has 0 spiro atoms. The maximum atomic E-state index is 13.5. The van der Waals surface area contributed by atoms with Gasteiger partial charge in [-0.1, -0.05) is 30.3 Å². The SMILES string of the molecule is C[C@H](c1ccccc1)N1CCC[C@@H]1c1cc(F)c[nH]c1=O. The van der Waals surface area contributed by atoms with E-state index in [0.717, 1.165) is 25.6 Å². The largest absolute Gasteiger partial charge is 0.326 e. The van der Waals surface area contributed by atoms with E-state index in [9.17, 15) is 9.18 Å². The number of nitrogens with zero attached hydrogens (tertiary/aromatic N) is 1. The highest BCUT2D eigenvalue weighted by Crippen LogP contribution is 2.37. The van der Waals surface area contributed by atoms with Crippen LogP contribution in [0.4, 0.5) is 4.39 Å². The molecule has 0 aliphatic carbocycles. The smallest absolute Gasteiger partial charge is 0.252 e. The van der Waals surface area contributed by atoms with Crippen LogP contribution in [0.5, 0.6) is 0 Å². The van der Waals surface area contributed by atoms with Gasteiger partial charge in [-0.3, -0.25) is 9.69 Å². The van der Waals surface area contributed by atoms with Crippen LogP contribution in [0.1, 0.15) is 43.0 Å². The Morgan fingerprint density at radius 3 is 2.86 bits per heavy atom. The van der Waals surface area contributed by atoms with Crippen molar-refractivity contribution in [2.45, 2.75) is 31.8 Å². The summed E-state index contributed by atoms with van der Waals surface area (Å²) < 4.78 is 13.5. The quantitative estimate of drug-likeness (QED) is 0.938. The summed E-state index contributed by atoms with van der Waals surface area (Å²) in [5, 5.41) is 0. The van der Waals surface area contributed by atoms with E-state index < -0.39 is 0 Å². The van der Waals surface area contributed by atoms with Gasteiger partial charge in [0, 0.05) is 23.8 Å². The van der Waals surface area contributed by atoms with Gasteiger partial charge in [-0.15, -0.1) is 0 Å². The van der Waals surface area contributed by atoms with Gasteiger partial charge in [0.2, 0.25) is 0 Å². The summed E-state index contributed by atoms with van der Waals surface area (Å²) in [6.07, 6.45) is 3.03. The van der Waals surface area contributed by atoms with Crippen molar-refractivity contribution < 1.29 is 4.39 Å². The Labute approximate surface area is 123 Å². The number of halogens is 1. The van der Waals surface area contributed by atoms with Crippen LogP contribution in [-0.4, -0.2) is 16.4 Å². The Kier molecular flexibility index (Phi) is 3.88. The molecule has 0 bridgehead atoms. The van der Waals surface area contributed by atoms with Gasteiger partial charge in [-0.05, 0) is 37.9 Å². The zero-order chi connectivity index (χ0) is 14.8. The minimum absolute atomic E-state index is 0.0142. The lowest BCUT2D eigenvalue weighted by Crippen LogP contribution is -2.30. The van der Waals surface area contributed by atoms with Crippen molar-refractivity contribution in [2.24, 2.45) is 0 Å². The number of nitrogens with one attached hydrogen (secondary N) is 1. The number of hydrogen-bond acceptors (Lipinski definition) is 2. The molecule has 4 heteroatoms. The van der Waals surface area contributed by atoms with Crippen molar-refractivity contribution in [1.29, 1.82) is 0 Å². The number of H-pyrrole nitrogens is 1. The molecular weight excluding hydrogens is 267 g/mol. The van der Waals surface area contributed by atoms with Crippen LogP contribution in [0.3, 0.4) is 0 Å². The number of rotatable bonds is 3. The van der Waals surface area contributed by atoms with Crippen LogP contribution in [0, 0.1) is 5.82 Å². The van der Waals surface area contributed by atoms with E-state index in [-0.39, 0.29) is 23.5 Å². The van der Waals surface area contributed by atoms with Gasteiger partial charge in [-0.25, -0.2) is 4.39 Å². The van der Waals surface area contributed by atoms with E-state index >= 15 is 0 Å². The summed E-state index contributed by atoms with van der Waals surface area (Å²) in [6.45, 7) is 3.07. The minimum atomic E-state index is -0.385. The molecule has 1 fully saturated rings. The third kappa shape index (κ3) is 2.76. The first-order valence-electron chi connectivity index (χ1n) is 7.35. The van der Waals surface area contributed by atoms with Gasteiger partial charge in [0.25, 0.3) is 5.56 Å². The van der Waals surface area contributed by atoms with E-state index in [1.54, 1.807) is 0 Å². The molecule has 2 atom stereocenters. The topological polar surface area (TPSA) is 36.1 Å². The first-order chi connectivity index (χ1) is 10.2. The van der Waals surface area contributed by atoms with Crippen LogP contribution >= 0.6 is 0 Å². The number of aromatic nitrogens is 1. The maximum absolute atomic E-state index is 13.5. The Morgan fingerprint density at radius 1 is 1.33 bits per heavy atom. The number of aromatic amines is 1. The molecule has 110 valence electrons. The van der Waals surface area contributed by atoms with Crippen LogP contribution in [0.15, 0.2) is 47.4 Å². The van der Waals surface area contributed by atoms with Crippen LogP contribution in [0.2, 0.25) is 0 Å². The Bertz CT molecular complexity index is 668. The molecule has 2 heterocycles. The van der Waals surface area contributed by atoms with Gasteiger partial charge in [0.15, 0.2) is 0 Å². The molecule has 0 unspecified atom stereocenters. The van der Waals surface area contributed by atoms with Gasteiger partial charge in [0.1, 0.15) is 5.82 Å². The van der Waals surface area contributed by atoms with Gasteiger partial charge < -0.3 is 4.98 Å². The normalized spacial score (nSPS) is 20.6. The molecule has 2 aromatic rings. The zero-order valence-electron chi connectivity index (χ0n) is 12.1. The van der Waals surface area contributed by atoms with Gasteiger partial charge in [-0.2, -0.15) is 0 Å². The molecule has 3 nitrogen and oxygen atoms in total. The summed E-state index contributed by atoms with van der Waals surface area (Å²) in [5.41, 5.74) is 1.57. The van der Waals surface area contributed by atoms with Crippen molar-refractivity contribution in [3.63, 3.8) is 0 Å². The molecule has 3 rings (SSSR count). The fourth-order valence-electron chi connectivity index (χ4n) is 3.23. The molecule has 1 aliphatic rings. The average molecular weight is 286 g/mol. The summed E-state index contributed by atoms with van der Waals surface area (Å²) in [6, 6.07) is 11.8. The highest BCUT2D eigenvalue weighted by atomic mass is 19.1. The number of benzene rings is 1. The van der Waals surface area contributed by atoms with E-state index in [0.29, 0.717) is 5.56 Å². The molecule has 1 aliphatic heterocycles. The molecular formula is C17H19FN2O. The number of likely N-dealkylation sites (tertiary alicyclic amines) is 1. The average Bonchev–Trinajstić information content (AvgIpc) is 2.99. The summed E-state index contributed by atoms with van der Waals surface area (Å²) in [5.74, 6) is -0.385. The molecule has 1 saturated heterocycles. The second-order valence-electron chi connectivity index (χ2n) is 5.58. The van der Waals surface area contributed by atoms with E-state index in [1.165, 1.54) is 11.6 Å². The third-order valence-electron chi connectivity index (χ3n) is 4.33. The third-order valence-corrected chi connectivity index (χ3v) is 4.33. The summed E-state index contributed by atoms with van der Waals surface area (Å²) >= 11 is 0. The highest BCUT2D eigenvalue weighted by molar-refractivity contribution is 5.22. The number of pyridine rings is 1. The van der Waals surface area contributed by atoms with Crippen molar-refractivity contribution in [3.05, 3.63) is 69.9 Å². The van der Waals surface area contributed by atoms with Gasteiger partial charge >= 0.3 is 0 Å². The second kappa shape index (κ2) is 5.82. The van der Waals surface area contributed by atoms with Crippen molar-refractivity contribution in [2.75, 3.05) is 6.54 Å². The predicted molar refractivity (Wildman–Crippen MR) is 80.6 cm³/mol. The first-order valence-corrected chi connectivity index (χ1v) is 7.35. The van der Waals surface area contributed by atoms with Crippen molar-refractivity contribution in [3.8, 4) is 0 Å². The van der Waals surface area contributed by atoms with Crippen molar-refractivity contribution in [1.82, 2.24) is 9.88 Å². The standard InChI is InChI=1S/C17H19FN2O/c1-12(13-6-3-2-4-7-13)20-9-5-8-16(20)15-10-14(18)11-19-17(15)21/h2-4,6-7,10-12,16H,5,8-9H2,1H3,(H,19,21)/t12-,16-/m1/s1. The maximum Gasteiger partial charge on any atom is 0.252 e. The lowest BCUT2D eigenvalue weighted by Gasteiger charge is -2.30. The molecule has 21 heavy (non-hydrogen) atoms. The predicted octanol–water partition coefficient (Wildman–Crippen LogP) is 3.41. The van der Waals surface area contributed by atoms with E-state index in [1.807, 2.05) is 18.2 Å². The summed E-state index contributed by atoms with van der Waals surface area (Å²) in [4.78, 5) is 16.8. The molecule has 0 amide bonds. The molecule has 1 N–H and O–H groups in total. The van der Waals surface area contributed by atoms with E-state index in [2.05, 4.69) is 28.9 Å². The fraction of sp³-hybridized carbons (Fsp3) is 0.353. The van der Waals surface area contributed by atoms with Gasteiger partial charge in [0.05, 0.1) is 0 Å². The van der Waals surface area contributed by atoms with Crippen LogP contribution in [-0.2, 0) is 0 Å². The fourth-order valence-corrected chi connectivity index (χ4v) is 3.23. The lowest BCUT2D eigenvalue weighted by atomic mass is 10.0. The highest BCUT2D eigenvalue weighted by Gasteiger charge is 2.32. The molecule has 1 aromatic heterocycles. The first kappa shape index (κ1) is 14.0. The summed E-state index contributed by atoms with van der Waals surface area (Å²) in [7, 11) is 0. The van der Waals surface area contributed by atoms with Crippen molar-refractivity contribution >= 4 is 0 Å². The number of hydrogen-bond donors (Lipinski definition) is 1. The van der Waals surface area contributed by atoms with E-state index in [4.69, 9.17) is 0 Å². The Hall–Kier alpha value is -1.94.